The van der Waals surface area contributed by atoms with E-state index >= 15 is 0 Å². The molecule has 120 valence electrons. The second-order valence-electron chi connectivity index (χ2n) is 5.93. The topological polar surface area (TPSA) is 89.4 Å². The molecule has 1 aromatic heterocycles. The summed E-state index contributed by atoms with van der Waals surface area (Å²) in [5.74, 6) is -0.733. The predicted octanol–water partition coefficient (Wildman–Crippen LogP) is 2.07. The molecule has 0 spiro atoms. The lowest BCUT2D eigenvalue weighted by molar-refractivity contribution is -0.123. The van der Waals surface area contributed by atoms with Gasteiger partial charge >= 0.3 is 0 Å². The van der Waals surface area contributed by atoms with E-state index in [0.717, 1.165) is 12.0 Å². The van der Waals surface area contributed by atoms with Gasteiger partial charge in [-0.05, 0) is 19.8 Å². The van der Waals surface area contributed by atoms with Gasteiger partial charge in [-0.2, -0.15) is 0 Å². The zero-order valence-electron chi connectivity index (χ0n) is 12.9. The van der Waals surface area contributed by atoms with Crippen molar-refractivity contribution in [3.05, 3.63) is 42.2 Å². The third-order valence-electron chi connectivity index (χ3n) is 4.34. The number of nitrogens with zero attached hydrogens (tertiary/aromatic N) is 2. The van der Waals surface area contributed by atoms with Crippen LogP contribution in [0.2, 0.25) is 0 Å². The van der Waals surface area contributed by atoms with Crippen molar-refractivity contribution >= 4 is 11.8 Å². The average molecular weight is 313 g/mol. The number of amides is 2. The fourth-order valence-electron chi connectivity index (χ4n) is 2.88. The first-order valence-corrected chi connectivity index (χ1v) is 7.68. The Labute approximate surface area is 134 Å². The number of nitrogens with two attached hydrogens (primary N) is 1. The molecule has 3 rings (SSSR count). The average Bonchev–Trinajstić information content (AvgIpc) is 3.05. The van der Waals surface area contributed by atoms with Crippen molar-refractivity contribution in [2.24, 2.45) is 11.7 Å². The number of hydrogen-bond acceptors (Lipinski definition) is 4. The first-order chi connectivity index (χ1) is 11.1. The van der Waals surface area contributed by atoms with E-state index in [1.165, 1.54) is 0 Å². The molecule has 1 saturated heterocycles. The van der Waals surface area contributed by atoms with Crippen LogP contribution >= 0.6 is 0 Å². The van der Waals surface area contributed by atoms with Crippen LogP contribution in [0.15, 0.2) is 40.9 Å². The van der Waals surface area contributed by atoms with Gasteiger partial charge in [0.1, 0.15) is 5.69 Å². The third kappa shape index (κ3) is 3.11. The number of aromatic nitrogens is 1. The molecular weight excluding hydrogens is 294 g/mol. The van der Waals surface area contributed by atoms with E-state index in [1.807, 2.05) is 37.3 Å². The Kier molecular flexibility index (Phi) is 4.14. The highest BCUT2D eigenvalue weighted by Crippen LogP contribution is 2.25. The fraction of sp³-hybridized carbons (Fsp3) is 0.353. The molecule has 0 aliphatic carbocycles. The van der Waals surface area contributed by atoms with E-state index in [0.29, 0.717) is 18.7 Å². The van der Waals surface area contributed by atoms with Crippen LogP contribution in [-0.2, 0) is 4.79 Å². The number of carbonyl (C=O) groups excluding carboxylic acids is 2. The SMILES string of the molecule is C[C@H]1CC[C@H](C(N)=O)CN1C(=O)c1cc(-c2ccccc2)no1. The molecule has 6 heteroatoms. The van der Waals surface area contributed by atoms with E-state index in [9.17, 15) is 9.59 Å². The molecule has 2 heterocycles. The first kappa shape index (κ1) is 15.3. The van der Waals surface area contributed by atoms with Crippen LogP contribution in [0.25, 0.3) is 11.3 Å². The van der Waals surface area contributed by atoms with Crippen LogP contribution in [0.1, 0.15) is 30.3 Å². The van der Waals surface area contributed by atoms with Crippen LogP contribution in [0.4, 0.5) is 0 Å². The van der Waals surface area contributed by atoms with E-state index in [2.05, 4.69) is 5.16 Å². The molecule has 2 atom stereocenters. The van der Waals surface area contributed by atoms with E-state index in [4.69, 9.17) is 10.3 Å². The van der Waals surface area contributed by atoms with Crippen LogP contribution in [0, 0.1) is 5.92 Å². The number of benzene rings is 1. The molecular formula is C17H19N3O3. The minimum atomic E-state index is -0.364. The highest BCUT2D eigenvalue weighted by Gasteiger charge is 2.33. The highest BCUT2D eigenvalue weighted by atomic mass is 16.5. The van der Waals surface area contributed by atoms with Gasteiger partial charge in [0.25, 0.3) is 5.91 Å². The van der Waals surface area contributed by atoms with Crippen molar-refractivity contribution in [2.75, 3.05) is 6.54 Å². The Morgan fingerprint density at radius 2 is 2.00 bits per heavy atom. The van der Waals surface area contributed by atoms with Gasteiger partial charge in [0.2, 0.25) is 11.7 Å². The molecule has 23 heavy (non-hydrogen) atoms. The monoisotopic (exact) mass is 313 g/mol. The Balaban J connectivity index is 1.80. The molecule has 1 aliphatic rings. The second kappa shape index (κ2) is 6.24. The molecule has 6 nitrogen and oxygen atoms in total. The highest BCUT2D eigenvalue weighted by molar-refractivity contribution is 5.93. The number of likely N-dealkylation sites (tertiary alicyclic amines) is 1. The summed E-state index contributed by atoms with van der Waals surface area (Å²) in [6.07, 6.45) is 1.46. The van der Waals surface area contributed by atoms with Crippen molar-refractivity contribution in [3.63, 3.8) is 0 Å². The van der Waals surface area contributed by atoms with Crippen LogP contribution in [-0.4, -0.2) is 34.5 Å². The molecule has 2 aromatic rings. The van der Waals surface area contributed by atoms with Crippen LogP contribution in [0.5, 0.6) is 0 Å². The Morgan fingerprint density at radius 3 is 2.70 bits per heavy atom. The maximum absolute atomic E-state index is 12.7. The summed E-state index contributed by atoms with van der Waals surface area (Å²) in [6.45, 7) is 2.29. The minimum absolute atomic E-state index is 0.0448. The number of piperidine rings is 1. The lowest BCUT2D eigenvalue weighted by Gasteiger charge is -2.36. The summed E-state index contributed by atoms with van der Waals surface area (Å²) < 4.78 is 5.22. The largest absolute Gasteiger partial charge is 0.369 e. The molecule has 1 aromatic carbocycles. The van der Waals surface area contributed by atoms with E-state index in [-0.39, 0.29) is 29.5 Å². The van der Waals surface area contributed by atoms with Gasteiger partial charge in [0.15, 0.2) is 0 Å². The van der Waals surface area contributed by atoms with Gasteiger partial charge in [-0.1, -0.05) is 35.5 Å². The summed E-state index contributed by atoms with van der Waals surface area (Å²) in [5, 5.41) is 3.97. The predicted molar refractivity (Wildman–Crippen MR) is 84.4 cm³/mol. The summed E-state index contributed by atoms with van der Waals surface area (Å²) in [4.78, 5) is 25.7. The molecule has 0 unspecified atom stereocenters. The van der Waals surface area contributed by atoms with Gasteiger partial charge in [0, 0.05) is 24.2 Å². The molecule has 0 saturated carbocycles. The Bertz CT molecular complexity index is 711. The zero-order valence-corrected chi connectivity index (χ0v) is 12.9. The number of hydrogen-bond donors (Lipinski definition) is 1. The van der Waals surface area contributed by atoms with Crippen molar-refractivity contribution in [1.29, 1.82) is 0 Å². The van der Waals surface area contributed by atoms with Crippen molar-refractivity contribution in [3.8, 4) is 11.3 Å². The number of primary amides is 1. The summed E-state index contributed by atoms with van der Waals surface area (Å²) in [6, 6.07) is 11.2. The maximum atomic E-state index is 12.7. The van der Waals surface area contributed by atoms with Crippen LogP contribution in [0.3, 0.4) is 0 Å². The molecule has 1 fully saturated rings. The normalized spacial score (nSPS) is 21.2. The quantitative estimate of drug-likeness (QED) is 0.939. The third-order valence-corrected chi connectivity index (χ3v) is 4.34. The lowest BCUT2D eigenvalue weighted by atomic mass is 9.92. The van der Waals surface area contributed by atoms with Gasteiger partial charge in [-0.3, -0.25) is 9.59 Å². The van der Waals surface area contributed by atoms with Crippen LogP contribution < -0.4 is 5.73 Å². The van der Waals surface area contributed by atoms with Gasteiger partial charge in [0.05, 0.1) is 5.92 Å². The molecule has 2 N–H and O–H groups in total. The Morgan fingerprint density at radius 1 is 1.26 bits per heavy atom. The smallest absolute Gasteiger partial charge is 0.292 e. The summed E-state index contributed by atoms with van der Waals surface area (Å²) in [7, 11) is 0. The molecule has 1 aliphatic heterocycles. The minimum Gasteiger partial charge on any atom is -0.369 e. The van der Waals surface area contributed by atoms with Crippen molar-refractivity contribution in [1.82, 2.24) is 10.1 Å². The van der Waals surface area contributed by atoms with E-state index < -0.39 is 0 Å². The fourth-order valence-corrected chi connectivity index (χ4v) is 2.88. The zero-order chi connectivity index (χ0) is 16.4. The molecule has 0 bridgehead atoms. The van der Waals surface area contributed by atoms with Gasteiger partial charge < -0.3 is 15.2 Å². The van der Waals surface area contributed by atoms with Crippen molar-refractivity contribution < 1.29 is 14.1 Å². The number of carbonyl (C=O) groups is 2. The summed E-state index contributed by atoms with van der Waals surface area (Å²) in [5.41, 5.74) is 6.88. The van der Waals surface area contributed by atoms with Crippen molar-refractivity contribution in [2.45, 2.75) is 25.8 Å². The standard InChI is InChI=1S/C17H19N3O3/c1-11-7-8-13(16(18)21)10-20(11)17(22)15-9-14(19-23-15)12-5-3-2-4-6-12/h2-6,9,11,13H,7-8,10H2,1H3,(H2,18,21)/t11-,13-/m0/s1. The first-order valence-electron chi connectivity index (χ1n) is 7.68. The Hall–Kier alpha value is -2.63. The van der Waals surface area contributed by atoms with E-state index in [1.54, 1.807) is 11.0 Å². The molecule has 0 radical (unpaired) electrons. The number of rotatable bonds is 3. The van der Waals surface area contributed by atoms with Gasteiger partial charge in [-0.25, -0.2) is 0 Å². The maximum Gasteiger partial charge on any atom is 0.292 e. The lowest BCUT2D eigenvalue weighted by Crippen LogP contribution is -2.48. The summed E-state index contributed by atoms with van der Waals surface area (Å²) >= 11 is 0. The van der Waals surface area contributed by atoms with Gasteiger partial charge in [-0.15, -0.1) is 0 Å². The second-order valence-corrected chi connectivity index (χ2v) is 5.93. The molecule has 2 amide bonds.